The Morgan fingerprint density at radius 2 is 2.19 bits per heavy atom. The SMILES string of the molecule is CCCc1cc(NC(C)COCC)ncn1. The van der Waals surface area contributed by atoms with Crippen molar-refractivity contribution in [1.29, 1.82) is 0 Å². The van der Waals surface area contributed by atoms with Gasteiger partial charge in [0.1, 0.15) is 12.1 Å². The van der Waals surface area contributed by atoms with Crippen LogP contribution in [0.15, 0.2) is 12.4 Å². The first-order valence-corrected chi connectivity index (χ1v) is 5.91. The van der Waals surface area contributed by atoms with Crippen LogP contribution in [0.5, 0.6) is 0 Å². The van der Waals surface area contributed by atoms with Crippen LogP contribution in [-0.2, 0) is 11.2 Å². The molecule has 0 radical (unpaired) electrons. The Morgan fingerprint density at radius 1 is 1.38 bits per heavy atom. The fourth-order valence-corrected chi connectivity index (χ4v) is 1.46. The van der Waals surface area contributed by atoms with Gasteiger partial charge in [0.05, 0.1) is 6.61 Å². The zero-order valence-electron chi connectivity index (χ0n) is 10.4. The molecule has 0 aromatic carbocycles. The van der Waals surface area contributed by atoms with Crippen molar-refractivity contribution in [2.24, 2.45) is 0 Å². The number of hydrogen-bond donors (Lipinski definition) is 1. The first-order chi connectivity index (χ1) is 7.76. The standard InChI is InChI=1S/C12H21N3O/c1-4-6-11-7-12(14-9-13-11)15-10(3)8-16-5-2/h7,9-10H,4-6,8H2,1-3H3,(H,13,14,15). The van der Waals surface area contributed by atoms with E-state index in [0.717, 1.165) is 31.0 Å². The second kappa shape index (κ2) is 7.17. The van der Waals surface area contributed by atoms with Crippen molar-refractivity contribution >= 4 is 5.82 Å². The number of hydrogen-bond acceptors (Lipinski definition) is 4. The highest BCUT2D eigenvalue weighted by molar-refractivity contribution is 5.35. The monoisotopic (exact) mass is 223 g/mol. The molecule has 0 aliphatic carbocycles. The summed E-state index contributed by atoms with van der Waals surface area (Å²) in [7, 11) is 0. The van der Waals surface area contributed by atoms with E-state index in [9.17, 15) is 0 Å². The second-order valence-electron chi connectivity index (χ2n) is 3.85. The van der Waals surface area contributed by atoms with E-state index in [4.69, 9.17) is 4.74 Å². The molecule has 0 amide bonds. The summed E-state index contributed by atoms with van der Waals surface area (Å²) in [4.78, 5) is 8.41. The smallest absolute Gasteiger partial charge is 0.129 e. The summed E-state index contributed by atoms with van der Waals surface area (Å²) >= 11 is 0. The molecule has 1 rings (SSSR count). The van der Waals surface area contributed by atoms with Gasteiger partial charge in [0, 0.05) is 24.4 Å². The van der Waals surface area contributed by atoms with Crippen LogP contribution >= 0.6 is 0 Å². The van der Waals surface area contributed by atoms with Gasteiger partial charge in [-0.3, -0.25) is 0 Å². The normalized spacial score (nSPS) is 12.4. The Labute approximate surface area is 97.5 Å². The third kappa shape index (κ3) is 4.57. The van der Waals surface area contributed by atoms with E-state index in [0.29, 0.717) is 6.61 Å². The average molecular weight is 223 g/mol. The highest BCUT2D eigenvalue weighted by atomic mass is 16.5. The summed E-state index contributed by atoms with van der Waals surface area (Å²) in [5.74, 6) is 0.880. The van der Waals surface area contributed by atoms with Gasteiger partial charge in [-0.2, -0.15) is 0 Å². The molecule has 1 aromatic heterocycles. The summed E-state index contributed by atoms with van der Waals surface area (Å²) in [5.41, 5.74) is 1.09. The van der Waals surface area contributed by atoms with Crippen molar-refractivity contribution in [3.05, 3.63) is 18.1 Å². The van der Waals surface area contributed by atoms with Gasteiger partial charge in [-0.25, -0.2) is 9.97 Å². The number of aryl methyl sites for hydroxylation is 1. The van der Waals surface area contributed by atoms with Crippen LogP contribution in [0.1, 0.15) is 32.9 Å². The molecular weight excluding hydrogens is 202 g/mol. The lowest BCUT2D eigenvalue weighted by molar-refractivity contribution is 0.141. The topological polar surface area (TPSA) is 47.0 Å². The summed E-state index contributed by atoms with van der Waals surface area (Å²) in [6.07, 6.45) is 3.71. The minimum absolute atomic E-state index is 0.268. The van der Waals surface area contributed by atoms with Crippen LogP contribution < -0.4 is 5.32 Å². The predicted octanol–water partition coefficient (Wildman–Crippen LogP) is 2.27. The van der Waals surface area contributed by atoms with Gasteiger partial charge in [-0.05, 0) is 20.3 Å². The van der Waals surface area contributed by atoms with Crippen LogP contribution in [0.25, 0.3) is 0 Å². The van der Waals surface area contributed by atoms with E-state index in [-0.39, 0.29) is 6.04 Å². The molecule has 0 bridgehead atoms. The molecule has 0 aliphatic rings. The maximum atomic E-state index is 5.34. The molecule has 0 aliphatic heterocycles. The van der Waals surface area contributed by atoms with Crippen molar-refractivity contribution in [1.82, 2.24) is 9.97 Å². The molecule has 1 heterocycles. The third-order valence-electron chi connectivity index (χ3n) is 2.20. The minimum Gasteiger partial charge on any atom is -0.380 e. The van der Waals surface area contributed by atoms with Crippen molar-refractivity contribution < 1.29 is 4.74 Å². The van der Waals surface area contributed by atoms with E-state index in [2.05, 4.69) is 29.1 Å². The van der Waals surface area contributed by atoms with E-state index in [1.165, 1.54) is 0 Å². The molecule has 1 aromatic rings. The second-order valence-corrected chi connectivity index (χ2v) is 3.85. The highest BCUT2D eigenvalue weighted by Gasteiger charge is 2.03. The van der Waals surface area contributed by atoms with Gasteiger partial charge in [0.2, 0.25) is 0 Å². The van der Waals surface area contributed by atoms with E-state index in [1.54, 1.807) is 6.33 Å². The van der Waals surface area contributed by atoms with Crippen LogP contribution in [0, 0.1) is 0 Å². The van der Waals surface area contributed by atoms with Gasteiger partial charge >= 0.3 is 0 Å². The van der Waals surface area contributed by atoms with Gasteiger partial charge in [-0.1, -0.05) is 13.3 Å². The summed E-state index contributed by atoms with van der Waals surface area (Å²) in [6, 6.07) is 2.27. The number of ether oxygens (including phenoxy) is 1. The Balaban J connectivity index is 2.49. The van der Waals surface area contributed by atoms with Gasteiger partial charge < -0.3 is 10.1 Å². The van der Waals surface area contributed by atoms with Crippen molar-refractivity contribution in [3.63, 3.8) is 0 Å². The predicted molar refractivity (Wildman–Crippen MR) is 65.6 cm³/mol. The lowest BCUT2D eigenvalue weighted by Crippen LogP contribution is -2.22. The molecule has 1 unspecified atom stereocenters. The highest BCUT2D eigenvalue weighted by Crippen LogP contribution is 2.07. The maximum absolute atomic E-state index is 5.34. The molecule has 4 nitrogen and oxygen atoms in total. The maximum Gasteiger partial charge on any atom is 0.129 e. The van der Waals surface area contributed by atoms with Gasteiger partial charge in [0.15, 0.2) is 0 Å². The molecule has 1 atom stereocenters. The first kappa shape index (κ1) is 12.9. The van der Waals surface area contributed by atoms with Crippen molar-refractivity contribution in [2.45, 2.75) is 39.7 Å². The zero-order valence-corrected chi connectivity index (χ0v) is 10.4. The molecule has 0 saturated heterocycles. The molecule has 0 fully saturated rings. The summed E-state index contributed by atoms with van der Waals surface area (Å²) < 4.78 is 5.34. The van der Waals surface area contributed by atoms with E-state index >= 15 is 0 Å². The zero-order chi connectivity index (χ0) is 11.8. The fraction of sp³-hybridized carbons (Fsp3) is 0.667. The number of anilines is 1. The van der Waals surface area contributed by atoms with Crippen molar-refractivity contribution in [3.8, 4) is 0 Å². The minimum atomic E-state index is 0.268. The molecule has 4 heteroatoms. The van der Waals surface area contributed by atoms with E-state index < -0.39 is 0 Å². The summed E-state index contributed by atoms with van der Waals surface area (Å²) in [5, 5.41) is 3.30. The Hall–Kier alpha value is -1.16. The van der Waals surface area contributed by atoms with Crippen molar-refractivity contribution in [2.75, 3.05) is 18.5 Å². The molecular formula is C12H21N3O. The quantitative estimate of drug-likeness (QED) is 0.770. The number of rotatable bonds is 7. The average Bonchev–Trinajstić information content (AvgIpc) is 2.27. The van der Waals surface area contributed by atoms with Crippen LogP contribution in [0.4, 0.5) is 5.82 Å². The summed E-state index contributed by atoms with van der Waals surface area (Å²) in [6.45, 7) is 7.67. The van der Waals surface area contributed by atoms with Crippen LogP contribution in [0.2, 0.25) is 0 Å². The van der Waals surface area contributed by atoms with Crippen LogP contribution in [-0.4, -0.2) is 29.2 Å². The Kier molecular flexibility index (Phi) is 5.78. The largest absolute Gasteiger partial charge is 0.380 e. The van der Waals surface area contributed by atoms with E-state index in [1.807, 2.05) is 13.0 Å². The van der Waals surface area contributed by atoms with Gasteiger partial charge in [0.25, 0.3) is 0 Å². The molecule has 16 heavy (non-hydrogen) atoms. The lowest BCUT2D eigenvalue weighted by atomic mass is 10.2. The molecule has 90 valence electrons. The first-order valence-electron chi connectivity index (χ1n) is 5.91. The number of aromatic nitrogens is 2. The number of nitrogens with one attached hydrogen (secondary N) is 1. The molecule has 0 saturated carbocycles. The van der Waals surface area contributed by atoms with Crippen LogP contribution in [0.3, 0.4) is 0 Å². The Bertz CT molecular complexity index is 304. The van der Waals surface area contributed by atoms with Gasteiger partial charge in [-0.15, -0.1) is 0 Å². The molecule has 1 N–H and O–H groups in total. The molecule has 0 spiro atoms. The third-order valence-corrected chi connectivity index (χ3v) is 2.20. The fourth-order valence-electron chi connectivity index (χ4n) is 1.46. The number of nitrogens with zero attached hydrogens (tertiary/aromatic N) is 2. The lowest BCUT2D eigenvalue weighted by Gasteiger charge is -2.14. The Morgan fingerprint density at radius 3 is 2.88 bits per heavy atom.